The number of aliphatic hydroxyl groups is 1. The van der Waals surface area contributed by atoms with Crippen LogP contribution in [0.4, 0.5) is 0 Å². The van der Waals surface area contributed by atoms with E-state index in [1.54, 1.807) is 13.2 Å². The van der Waals surface area contributed by atoms with Gasteiger partial charge in [0.15, 0.2) is 0 Å². The number of ether oxygens (including phenoxy) is 1. The molecule has 0 aliphatic heterocycles. The van der Waals surface area contributed by atoms with Crippen molar-refractivity contribution in [3.05, 3.63) is 62.6 Å². The first kappa shape index (κ1) is 15.4. The van der Waals surface area contributed by atoms with E-state index in [1.807, 2.05) is 37.3 Å². The van der Waals surface area contributed by atoms with Gasteiger partial charge in [0.25, 0.3) is 0 Å². The van der Waals surface area contributed by atoms with Crippen molar-refractivity contribution in [3.63, 3.8) is 0 Å². The summed E-state index contributed by atoms with van der Waals surface area (Å²) in [7, 11) is 1.61. The molecule has 20 heavy (non-hydrogen) atoms. The number of hydrogen-bond acceptors (Lipinski definition) is 2. The average Bonchev–Trinajstić information content (AvgIpc) is 2.38. The van der Waals surface area contributed by atoms with Gasteiger partial charge < -0.3 is 9.84 Å². The Bertz CT molecular complexity index is 613. The summed E-state index contributed by atoms with van der Waals surface area (Å²) in [5.41, 5.74) is 2.89. The largest absolute Gasteiger partial charge is 0.496 e. The fourth-order valence-electron chi connectivity index (χ4n) is 2.13. The lowest BCUT2D eigenvalue weighted by molar-refractivity contribution is 0.176. The molecule has 0 bridgehead atoms. The quantitative estimate of drug-likeness (QED) is 0.861. The Kier molecular flexibility index (Phi) is 5.08. The summed E-state index contributed by atoms with van der Waals surface area (Å²) in [4.78, 5) is 0. The van der Waals surface area contributed by atoms with Crippen molar-refractivity contribution < 1.29 is 9.84 Å². The number of aliphatic hydroxyl groups excluding tert-OH is 1. The summed E-state index contributed by atoms with van der Waals surface area (Å²) in [6, 6.07) is 11.3. The van der Waals surface area contributed by atoms with Crippen LogP contribution in [0.2, 0.25) is 5.02 Å². The van der Waals surface area contributed by atoms with Crippen molar-refractivity contribution in [1.82, 2.24) is 0 Å². The van der Waals surface area contributed by atoms with E-state index in [9.17, 15) is 5.11 Å². The molecule has 2 rings (SSSR count). The summed E-state index contributed by atoms with van der Waals surface area (Å²) < 4.78 is 6.21. The number of halogens is 2. The fourth-order valence-corrected chi connectivity index (χ4v) is 3.08. The molecule has 0 spiro atoms. The van der Waals surface area contributed by atoms with Gasteiger partial charge in [-0.3, -0.25) is 0 Å². The zero-order valence-electron chi connectivity index (χ0n) is 11.4. The third kappa shape index (κ3) is 3.54. The van der Waals surface area contributed by atoms with Crippen LogP contribution in [0.15, 0.2) is 40.9 Å². The van der Waals surface area contributed by atoms with Crippen LogP contribution in [-0.2, 0) is 6.42 Å². The zero-order valence-corrected chi connectivity index (χ0v) is 13.7. The third-order valence-electron chi connectivity index (χ3n) is 3.17. The van der Waals surface area contributed by atoms with Gasteiger partial charge >= 0.3 is 0 Å². The minimum atomic E-state index is -0.614. The van der Waals surface area contributed by atoms with Crippen molar-refractivity contribution in [1.29, 1.82) is 0 Å². The Morgan fingerprint density at radius 3 is 2.65 bits per heavy atom. The summed E-state index contributed by atoms with van der Waals surface area (Å²) >= 11 is 9.50. The van der Waals surface area contributed by atoms with Crippen LogP contribution in [0.25, 0.3) is 0 Å². The topological polar surface area (TPSA) is 29.5 Å². The molecule has 1 atom stereocenters. The summed E-state index contributed by atoms with van der Waals surface area (Å²) in [6.45, 7) is 2.01. The van der Waals surface area contributed by atoms with E-state index in [0.717, 1.165) is 26.9 Å². The number of hydrogen-bond donors (Lipinski definition) is 1. The second-order valence-corrected chi connectivity index (χ2v) is 5.99. The van der Waals surface area contributed by atoms with Crippen LogP contribution in [0.5, 0.6) is 5.75 Å². The Labute approximate surface area is 132 Å². The number of rotatable bonds is 4. The molecule has 0 fully saturated rings. The minimum absolute atomic E-state index is 0.450. The molecule has 4 heteroatoms. The summed E-state index contributed by atoms with van der Waals surface area (Å²) in [5, 5.41) is 11.1. The van der Waals surface area contributed by atoms with Gasteiger partial charge in [0.2, 0.25) is 0 Å². The number of aryl methyl sites for hydroxylation is 1. The predicted octanol–water partition coefficient (Wildman–Crippen LogP) is 4.70. The molecule has 106 valence electrons. The van der Waals surface area contributed by atoms with Crippen molar-refractivity contribution in [2.45, 2.75) is 19.4 Å². The highest BCUT2D eigenvalue weighted by molar-refractivity contribution is 9.10. The number of methoxy groups -OCH3 is 1. The number of benzene rings is 2. The summed E-state index contributed by atoms with van der Waals surface area (Å²) in [6.07, 6.45) is -0.164. The fraction of sp³-hybridized carbons (Fsp3) is 0.250. The highest BCUT2D eigenvalue weighted by Crippen LogP contribution is 2.31. The highest BCUT2D eigenvalue weighted by Gasteiger charge is 2.15. The molecule has 0 heterocycles. The van der Waals surface area contributed by atoms with Gasteiger partial charge in [-0.15, -0.1) is 0 Å². The molecule has 0 amide bonds. The predicted molar refractivity (Wildman–Crippen MR) is 85.5 cm³/mol. The van der Waals surface area contributed by atoms with E-state index >= 15 is 0 Å². The van der Waals surface area contributed by atoms with E-state index in [0.29, 0.717) is 11.4 Å². The van der Waals surface area contributed by atoms with Crippen LogP contribution >= 0.6 is 27.5 Å². The van der Waals surface area contributed by atoms with Crippen molar-refractivity contribution in [2.75, 3.05) is 7.11 Å². The Hall–Kier alpha value is -1.03. The lowest BCUT2D eigenvalue weighted by atomic mass is 10.00. The smallest absolute Gasteiger partial charge is 0.122 e. The molecular formula is C16H16BrClO2. The lowest BCUT2D eigenvalue weighted by Crippen LogP contribution is -2.04. The summed E-state index contributed by atoms with van der Waals surface area (Å²) in [5.74, 6) is 0.733. The standard InChI is InChI=1S/C16H16BrClO2/c1-10-3-5-13(14(17)7-10)15(19)9-11-8-12(18)4-6-16(11)20-2/h3-8,15,19H,9H2,1-2H3. The molecule has 1 unspecified atom stereocenters. The molecule has 0 aliphatic rings. The molecule has 2 aromatic carbocycles. The lowest BCUT2D eigenvalue weighted by Gasteiger charge is -2.16. The van der Waals surface area contributed by atoms with Crippen molar-refractivity contribution >= 4 is 27.5 Å². The molecule has 2 aromatic rings. The van der Waals surface area contributed by atoms with Crippen LogP contribution in [0.3, 0.4) is 0 Å². The highest BCUT2D eigenvalue weighted by atomic mass is 79.9. The second-order valence-electron chi connectivity index (χ2n) is 4.70. The van der Waals surface area contributed by atoms with Gasteiger partial charge in [0.05, 0.1) is 13.2 Å². The molecule has 0 saturated carbocycles. The first-order chi connectivity index (χ1) is 9.51. The molecular weight excluding hydrogens is 340 g/mol. The molecule has 0 aromatic heterocycles. The maximum absolute atomic E-state index is 10.4. The van der Waals surface area contributed by atoms with Crippen LogP contribution < -0.4 is 4.74 Å². The molecule has 0 saturated heterocycles. The second kappa shape index (κ2) is 6.61. The Morgan fingerprint density at radius 2 is 2.00 bits per heavy atom. The molecule has 0 radical (unpaired) electrons. The SMILES string of the molecule is COc1ccc(Cl)cc1CC(O)c1ccc(C)cc1Br. The van der Waals surface area contributed by atoms with Gasteiger partial charge in [-0.1, -0.05) is 39.7 Å². The van der Waals surface area contributed by atoms with Gasteiger partial charge in [-0.05, 0) is 47.9 Å². The van der Waals surface area contributed by atoms with Gasteiger partial charge in [0.1, 0.15) is 5.75 Å². The normalized spacial score (nSPS) is 12.2. The van der Waals surface area contributed by atoms with E-state index in [-0.39, 0.29) is 0 Å². The van der Waals surface area contributed by atoms with Gasteiger partial charge in [-0.2, -0.15) is 0 Å². The van der Waals surface area contributed by atoms with Crippen LogP contribution in [0.1, 0.15) is 22.8 Å². The monoisotopic (exact) mass is 354 g/mol. The first-order valence-electron chi connectivity index (χ1n) is 6.28. The van der Waals surface area contributed by atoms with Gasteiger partial charge in [-0.25, -0.2) is 0 Å². The molecule has 2 nitrogen and oxygen atoms in total. The van der Waals surface area contributed by atoms with Crippen molar-refractivity contribution in [3.8, 4) is 5.75 Å². The van der Waals surface area contributed by atoms with E-state index < -0.39 is 6.10 Å². The Balaban J connectivity index is 2.27. The average molecular weight is 356 g/mol. The third-order valence-corrected chi connectivity index (χ3v) is 4.09. The van der Waals surface area contributed by atoms with E-state index in [4.69, 9.17) is 16.3 Å². The zero-order chi connectivity index (χ0) is 14.7. The van der Waals surface area contributed by atoms with Crippen LogP contribution in [-0.4, -0.2) is 12.2 Å². The van der Waals surface area contributed by atoms with Crippen molar-refractivity contribution in [2.24, 2.45) is 0 Å². The van der Waals surface area contributed by atoms with Gasteiger partial charge in [0, 0.05) is 15.9 Å². The Morgan fingerprint density at radius 1 is 1.25 bits per heavy atom. The molecule has 0 aliphatic carbocycles. The maximum Gasteiger partial charge on any atom is 0.122 e. The van der Waals surface area contributed by atoms with Crippen LogP contribution in [0, 0.1) is 6.92 Å². The minimum Gasteiger partial charge on any atom is -0.496 e. The van der Waals surface area contributed by atoms with E-state index in [1.165, 1.54) is 0 Å². The maximum atomic E-state index is 10.4. The van der Waals surface area contributed by atoms with E-state index in [2.05, 4.69) is 15.9 Å². The first-order valence-corrected chi connectivity index (χ1v) is 7.45. The molecule has 1 N–H and O–H groups in total.